The average Bonchev–Trinajstić information content (AvgIpc) is 3.13. The smallest absolute Gasteiger partial charge is 0.315 e. The third-order valence-corrected chi connectivity index (χ3v) is 6.49. The van der Waals surface area contributed by atoms with Crippen LogP contribution in [0.4, 0.5) is 10.5 Å². The number of rotatable bonds is 7. The second kappa shape index (κ2) is 8.50. The summed E-state index contributed by atoms with van der Waals surface area (Å²) in [5, 5.41) is 19.9. The Labute approximate surface area is 155 Å². The van der Waals surface area contributed by atoms with E-state index in [1.165, 1.54) is 0 Å². The van der Waals surface area contributed by atoms with Crippen molar-refractivity contribution < 1.29 is 9.59 Å². The van der Waals surface area contributed by atoms with E-state index in [0.29, 0.717) is 11.7 Å². The van der Waals surface area contributed by atoms with Gasteiger partial charge in [-0.25, -0.2) is 4.79 Å². The Bertz CT molecular complexity index is 674. The molecule has 1 aromatic carbocycles. The van der Waals surface area contributed by atoms with E-state index in [-0.39, 0.29) is 24.0 Å². The fourth-order valence-electron chi connectivity index (χ4n) is 3.16. The number of fused-ring (bicyclic) bond motifs is 1. The lowest BCUT2D eigenvalue weighted by Gasteiger charge is -2.16. The van der Waals surface area contributed by atoms with Crippen LogP contribution in [0.5, 0.6) is 0 Å². The Morgan fingerprint density at radius 1 is 1.32 bits per heavy atom. The van der Waals surface area contributed by atoms with Gasteiger partial charge in [0, 0.05) is 28.0 Å². The molecule has 2 saturated heterocycles. The molecule has 0 aromatic heterocycles. The number of unbranched alkanes of at least 4 members (excludes halogenated alkanes) is 1. The molecule has 2 unspecified atom stereocenters. The number of anilines is 1. The third-order valence-electron chi connectivity index (χ3n) is 4.38. The van der Waals surface area contributed by atoms with Gasteiger partial charge in [0.2, 0.25) is 5.91 Å². The number of hydrogen-bond donors (Lipinski definition) is 3. The Morgan fingerprint density at radius 3 is 2.88 bits per heavy atom. The van der Waals surface area contributed by atoms with Crippen LogP contribution in [0.1, 0.15) is 25.7 Å². The van der Waals surface area contributed by atoms with E-state index in [1.54, 1.807) is 0 Å². The van der Waals surface area contributed by atoms with Crippen LogP contribution in [-0.2, 0) is 4.79 Å². The summed E-state index contributed by atoms with van der Waals surface area (Å²) in [5.41, 5.74) is 0.751. The van der Waals surface area contributed by atoms with Crippen molar-refractivity contribution in [3.05, 3.63) is 24.3 Å². The zero-order chi connectivity index (χ0) is 17.6. The Hall–Kier alpha value is -1.85. The molecule has 0 radical (unpaired) electrons. The van der Waals surface area contributed by atoms with Crippen molar-refractivity contribution in [1.29, 1.82) is 5.26 Å². The Morgan fingerprint density at radius 2 is 2.12 bits per heavy atom. The molecule has 3 amide bonds. The highest BCUT2D eigenvalue weighted by Gasteiger charge is 2.42. The molecule has 3 atom stereocenters. The minimum Gasteiger partial charge on any atom is -0.332 e. The summed E-state index contributed by atoms with van der Waals surface area (Å²) in [6.45, 7) is 0. The number of carbonyl (C=O) groups is 2. The molecule has 8 heteroatoms. The lowest BCUT2D eigenvalue weighted by molar-refractivity contribution is -0.116. The van der Waals surface area contributed by atoms with Crippen molar-refractivity contribution in [2.45, 2.75) is 47.9 Å². The second-order valence-electron chi connectivity index (χ2n) is 6.13. The molecule has 6 nitrogen and oxygen atoms in total. The van der Waals surface area contributed by atoms with Gasteiger partial charge in [-0.1, -0.05) is 6.42 Å². The van der Waals surface area contributed by atoms with Crippen molar-refractivity contribution in [2.75, 3.05) is 11.1 Å². The average molecular weight is 377 g/mol. The van der Waals surface area contributed by atoms with Gasteiger partial charge >= 0.3 is 6.03 Å². The number of carbonyl (C=O) groups excluding carboxylic acids is 2. The van der Waals surface area contributed by atoms with Crippen LogP contribution >= 0.6 is 23.5 Å². The Kier molecular flexibility index (Phi) is 6.10. The van der Waals surface area contributed by atoms with E-state index in [2.05, 4.69) is 16.0 Å². The fourth-order valence-corrected chi connectivity index (χ4v) is 5.08. The van der Waals surface area contributed by atoms with Gasteiger partial charge < -0.3 is 16.0 Å². The van der Waals surface area contributed by atoms with Gasteiger partial charge in [-0.3, -0.25) is 4.79 Å². The van der Waals surface area contributed by atoms with Gasteiger partial charge in [0.05, 0.1) is 12.1 Å². The molecule has 0 bridgehead atoms. The van der Waals surface area contributed by atoms with Crippen LogP contribution < -0.4 is 16.0 Å². The van der Waals surface area contributed by atoms with E-state index in [1.807, 2.05) is 41.4 Å². The summed E-state index contributed by atoms with van der Waals surface area (Å²) in [6, 6.07) is 7.69. The molecule has 1 aromatic rings. The van der Waals surface area contributed by atoms with Crippen molar-refractivity contribution in [3.8, 4) is 5.40 Å². The molecule has 0 spiro atoms. The summed E-state index contributed by atoms with van der Waals surface area (Å²) in [5.74, 6) is 0.975. The number of hydrogen-bond acceptors (Lipinski definition) is 5. The van der Waals surface area contributed by atoms with Crippen molar-refractivity contribution in [3.63, 3.8) is 0 Å². The first kappa shape index (κ1) is 18.0. The molecule has 2 heterocycles. The van der Waals surface area contributed by atoms with Crippen LogP contribution in [-0.4, -0.2) is 35.0 Å². The summed E-state index contributed by atoms with van der Waals surface area (Å²) in [4.78, 5) is 24.2. The van der Waals surface area contributed by atoms with Crippen molar-refractivity contribution >= 4 is 41.1 Å². The SMILES string of the molecule is N#CSc1ccc(NC(=O)CCCC[C@@H]2SCC3NC(=O)NC32)cc1. The first-order valence-electron chi connectivity index (χ1n) is 8.30. The summed E-state index contributed by atoms with van der Waals surface area (Å²) in [6.07, 6.45) is 3.32. The van der Waals surface area contributed by atoms with E-state index in [9.17, 15) is 9.59 Å². The molecule has 0 saturated carbocycles. The maximum absolute atomic E-state index is 12.0. The molecule has 3 rings (SSSR count). The molecule has 0 aliphatic carbocycles. The predicted octanol–water partition coefficient (Wildman–Crippen LogP) is 2.92. The number of nitrogens with one attached hydrogen (secondary N) is 3. The van der Waals surface area contributed by atoms with Crippen LogP contribution in [0, 0.1) is 10.7 Å². The third kappa shape index (κ3) is 4.83. The number of amides is 3. The lowest BCUT2D eigenvalue weighted by Crippen LogP contribution is -2.36. The Balaban J connectivity index is 1.34. The van der Waals surface area contributed by atoms with E-state index in [0.717, 1.165) is 47.4 Å². The van der Waals surface area contributed by atoms with E-state index in [4.69, 9.17) is 5.26 Å². The zero-order valence-corrected chi connectivity index (χ0v) is 15.3. The summed E-state index contributed by atoms with van der Waals surface area (Å²) < 4.78 is 0. The highest BCUT2D eigenvalue weighted by atomic mass is 32.2. The minimum absolute atomic E-state index is 0.00785. The highest BCUT2D eigenvalue weighted by Crippen LogP contribution is 2.33. The van der Waals surface area contributed by atoms with Crippen molar-refractivity contribution in [2.24, 2.45) is 0 Å². The molecule has 132 valence electrons. The zero-order valence-electron chi connectivity index (χ0n) is 13.7. The molecule has 3 N–H and O–H groups in total. The minimum atomic E-state index is -0.0566. The highest BCUT2D eigenvalue weighted by molar-refractivity contribution is 8.03. The van der Waals surface area contributed by atoms with Gasteiger partial charge in [-0.05, 0) is 48.9 Å². The van der Waals surface area contributed by atoms with Gasteiger partial charge in [0.1, 0.15) is 5.40 Å². The molecular weight excluding hydrogens is 356 g/mol. The molecule has 25 heavy (non-hydrogen) atoms. The van der Waals surface area contributed by atoms with Crippen LogP contribution in [0.2, 0.25) is 0 Å². The van der Waals surface area contributed by atoms with Crippen LogP contribution in [0.15, 0.2) is 29.2 Å². The number of benzene rings is 1. The molecule has 2 aliphatic heterocycles. The standard InChI is InChI=1S/C17H20N4O2S2/c18-10-25-12-7-5-11(6-8-12)19-15(22)4-2-1-3-14-16-13(9-24-14)20-17(23)21-16/h5-8,13-14,16H,1-4,9H2,(H,19,22)(H2,20,21,23)/t13?,14-,16?/m0/s1. The first-order chi connectivity index (χ1) is 12.2. The van der Waals surface area contributed by atoms with Gasteiger partial charge in [0.15, 0.2) is 0 Å². The lowest BCUT2D eigenvalue weighted by atomic mass is 10.0. The number of thiocyanates is 1. The molecule has 2 aliphatic rings. The number of nitrogens with zero attached hydrogens (tertiary/aromatic N) is 1. The number of nitriles is 1. The quantitative estimate of drug-likeness (QED) is 0.294. The fraction of sp³-hybridized carbons (Fsp3) is 0.471. The normalized spacial score (nSPS) is 24.1. The first-order valence-corrected chi connectivity index (χ1v) is 10.2. The van der Waals surface area contributed by atoms with Gasteiger partial charge in [0.25, 0.3) is 0 Å². The molecular formula is C17H20N4O2S2. The second-order valence-corrected chi connectivity index (χ2v) is 8.26. The largest absolute Gasteiger partial charge is 0.332 e. The predicted molar refractivity (Wildman–Crippen MR) is 100 cm³/mol. The summed E-state index contributed by atoms with van der Waals surface area (Å²) >= 11 is 3.00. The van der Waals surface area contributed by atoms with Crippen molar-refractivity contribution in [1.82, 2.24) is 10.6 Å². The monoisotopic (exact) mass is 376 g/mol. The van der Waals surface area contributed by atoms with E-state index < -0.39 is 0 Å². The van der Waals surface area contributed by atoms with Crippen LogP contribution in [0.25, 0.3) is 0 Å². The number of urea groups is 1. The molecule has 2 fully saturated rings. The van der Waals surface area contributed by atoms with Gasteiger partial charge in [-0.2, -0.15) is 17.0 Å². The topological polar surface area (TPSA) is 94.0 Å². The maximum Gasteiger partial charge on any atom is 0.315 e. The van der Waals surface area contributed by atoms with E-state index >= 15 is 0 Å². The maximum atomic E-state index is 12.0. The summed E-state index contributed by atoms with van der Waals surface area (Å²) in [7, 11) is 0. The number of thioether (sulfide) groups is 2. The van der Waals surface area contributed by atoms with Gasteiger partial charge in [-0.15, -0.1) is 0 Å². The van der Waals surface area contributed by atoms with Crippen LogP contribution in [0.3, 0.4) is 0 Å².